The van der Waals surface area contributed by atoms with Crippen LogP contribution in [-0.2, 0) is 0 Å². The molecule has 0 fully saturated rings. The lowest BCUT2D eigenvalue weighted by molar-refractivity contribution is 0.459. The predicted octanol–water partition coefficient (Wildman–Crippen LogP) is 3.84. The molecule has 20 heavy (non-hydrogen) atoms. The Morgan fingerprint density at radius 2 is 1.30 bits per heavy atom. The summed E-state index contributed by atoms with van der Waals surface area (Å²) in [6.07, 6.45) is 0.615. The molecule has 0 aliphatic heterocycles. The molecule has 0 unspecified atom stereocenters. The van der Waals surface area contributed by atoms with Crippen molar-refractivity contribution in [3.8, 4) is 5.75 Å². The van der Waals surface area contributed by atoms with E-state index in [2.05, 4.69) is 4.99 Å². The average molecular weight is 287 g/mol. The smallest absolute Gasteiger partial charge is 0.154 e. The standard InChI is InChI=1S/C13H6F5NO/c14-6-2-10(17)13(11(18)3-6)19-5-8-9(16)1-7(15)4-12(8)20/h1-5,20H. The molecule has 7 heteroatoms. The molecule has 0 aliphatic rings. The Labute approximate surface area is 109 Å². The van der Waals surface area contributed by atoms with Crippen molar-refractivity contribution in [2.45, 2.75) is 0 Å². The summed E-state index contributed by atoms with van der Waals surface area (Å²) in [7, 11) is 0. The summed E-state index contributed by atoms with van der Waals surface area (Å²) in [5.41, 5.74) is -1.40. The van der Waals surface area contributed by atoms with Crippen LogP contribution in [0.3, 0.4) is 0 Å². The fourth-order valence-corrected chi connectivity index (χ4v) is 1.49. The van der Waals surface area contributed by atoms with Crippen LogP contribution in [0.5, 0.6) is 5.75 Å². The van der Waals surface area contributed by atoms with Crippen molar-refractivity contribution >= 4 is 11.9 Å². The molecular formula is C13H6F5NO. The first-order valence-electron chi connectivity index (χ1n) is 5.25. The van der Waals surface area contributed by atoms with Gasteiger partial charge >= 0.3 is 0 Å². The fraction of sp³-hybridized carbons (Fsp3) is 0. The van der Waals surface area contributed by atoms with E-state index in [0.29, 0.717) is 30.5 Å². The van der Waals surface area contributed by atoms with Crippen LogP contribution in [0.4, 0.5) is 27.6 Å². The van der Waals surface area contributed by atoms with Crippen LogP contribution in [0.15, 0.2) is 29.3 Å². The molecule has 0 aromatic heterocycles. The summed E-state index contributed by atoms with van der Waals surface area (Å²) < 4.78 is 65.3. The number of aliphatic imine (C=N–C) groups is 1. The number of phenols is 1. The lowest BCUT2D eigenvalue weighted by Gasteiger charge is -2.02. The summed E-state index contributed by atoms with van der Waals surface area (Å²) in [5, 5.41) is 9.31. The number of rotatable bonds is 2. The minimum atomic E-state index is -1.29. The summed E-state index contributed by atoms with van der Waals surface area (Å²) in [6, 6.07) is 1.88. The lowest BCUT2D eigenvalue weighted by Crippen LogP contribution is -1.92. The molecule has 0 radical (unpaired) electrons. The molecule has 2 aromatic carbocycles. The van der Waals surface area contributed by atoms with Crippen molar-refractivity contribution in [3.05, 3.63) is 58.9 Å². The number of hydrogen-bond acceptors (Lipinski definition) is 2. The van der Waals surface area contributed by atoms with Gasteiger partial charge in [-0.1, -0.05) is 0 Å². The highest BCUT2D eigenvalue weighted by Crippen LogP contribution is 2.25. The number of benzene rings is 2. The molecule has 0 spiro atoms. The third-order valence-electron chi connectivity index (χ3n) is 2.38. The minimum absolute atomic E-state index is 0.399. The van der Waals surface area contributed by atoms with Crippen molar-refractivity contribution in [3.63, 3.8) is 0 Å². The van der Waals surface area contributed by atoms with Gasteiger partial charge in [-0.3, -0.25) is 0 Å². The van der Waals surface area contributed by atoms with E-state index in [1.807, 2.05) is 0 Å². The van der Waals surface area contributed by atoms with Crippen LogP contribution in [0.2, 0.25) is 0 Å². The molecule has 0 heterocycles. The van der Waals surface area contributed by atoms with E-state index in [0.717, 1.165) is 0 Å². The van der Waals surface area contributed by atoms with E-state index in [-0.39, 0.29) is 0 Å². The van der Waals surface area contributed by atoms with E-state index in [1.165, 1.54) is 0 Å². The van der Waals surface area contributed by atoms with Crippen molar-refractivity contribution < 1.29 is 27.1 Å². The van der Waals surface area contributed by atoms with E-state index in [9.17, 15) is 27.1 Å². The first-order chi connectivity index (χ1) is 9.38. The molecule has 104 valence electrons. The van der Waals surface area contributed by atoms with E-state index < -0.39 is 46.1 Å². The average Bonchev–Trinajstić information content (AvgIpc) is 2.30. The summed E-state index contributed by atoms with van der Waals surface area (Å²) in [6.45, 7) is 0. The maximum Gasteiger partial charge on any atom is 0.154 e. The Kier molecular flexibility index (Phi) is 3.69. The first-order valence-corrected chi connectivity index (χ1v) is 5.25. The molecule has 0 aliphatic carbocycles. The number of aromatic hydroxyl groups is 1. The van der Waals surface area contributed by atoms with Gasteiger partial charge in [-0.05, 0) is 0 Å². The summed E-state index contributed by atoms with van der Waals surface area (Å²) >= 11 is 0. The van der Waals surface area contributed by atoms with E-state index in [1.54, 1.807) is 0 Å². The SMILES string of the molecule is Oc1cc(F)cc(F)c1C=Nc1c(F)cc(F)cc1F. The van der Waals surface area contributed by atoms with Gasteiger partial charge in [-0.15, -0.1) is 0 Å². The van der Waals surface area contributed by atoms with Crippen molar-refractivity contribution in [1.82, 2.24) is 0 Å². The molecule has 2 rings (SSSR count). The van der Waals surface area contributed by atoms with Gasteiger partial charge in [0.1, 0.15) is 28.9 Å². The third-order valence-corrected chi connectivity index (χ3v) is 2.38. The van der Waals surface area contributed by atoms with Crippen molar-refractivity contribution in [2.75, 3.05) is 0 Å². The Morgan fingerprint density at radius 1 is 0.800 bits per heavy atom. The molecule has 0 bridgehead atoms. The summed E-state index contributed by atoms with van der Waals surface area (Å²) in [4.78, 5) is 3.30. The van der Waals surface area contributed by atoms with Gasteiger partial charge in [-0.2, -0.15) is 0 Å². The van der Waals surface area contributed by atoms with Crippen molar-refractivity contribution in [1.29, 1.82) is 0 Å². The topological polar surface area (TPSA) is 32.6 Å². The zero-order chi connectivity index (χ0) is 14.9. The quantitative estimate of drug-likeness (QED) is 0.660. The maximum absolute atomic E-state index is 13.3. The predicted molar refractivity (Wildman–Crippen MR) is 61.6 cm³/mol. The lowest BCUT2D eigenvalue weighted by atomic mass is 10.2. The second-order valence-corrected chi connectivity index (χ2v) is 3.80. The van der Waals surface area contributed by atoms with Gasteiger partial charge in [-0.25, -0.2) is 26.9 Å². The largest absolute Gasteiger partial charge is 0.507 e. The van der Waals surface area contributed by atoms with Crippen LogP contribution in [0.25, 0.3) is 0 Å². The minimum Gasteiger partial charge on any atom is -0.507 e. The highest BCUT2D eigenvalue weighted by molar-refractivity contribution is 5.85. The number of phenolic OH excluding ortho intramolecular Hbond substituents is 1. The first kappa shape index (κ1) is 14.0. The van der Waals surface area contributed by atoms with E-state index in [4.69, 9.17) is 0 Å². The van der Waals surface area contributed by atoms with Crippen LogP contribution in [0, 0.1) is 29.1 Å². The monoisotopic (exact) mass is 287 g/mol. The Bertz CT molecular complexity index is 594. The van der Waals surface area contributed by atoms with Gasteiger partial charge in [0, 0.05) is 30.5 Å². The molecule has 2 nitrogen and oxygen atoms in total. The molecular weight excluding hydrogens is 281 g/mol. The third kappa shape index (κ3) is 2.76. The van der Waals surface area contributed by atoms with E-state index >= 15 is 0 Å². The van der Waals surface area contributed by atoms with Gasteiger partial charge in [0.2, 0.25) is 0 Å². The zero-order valence-corrected chi connectivity index (χ0v) is 9.67. The molecule has 0 atom stereocenters. The fourth-order valence-electron chi connectivity index (χ4n) is 1.49. The molecule has 2 aromatic rings. The van der Waals surface area contributed by atoms with Gasteiger partial charge in [0.15, 0.2) is 11.6 Å². The van der Waals surface area contributed by atoms with Crippen LogP contribution in [0.1, 0.15) is 5.56 Å². The highest BCUT2D eigenvalue weighted by Gasteiger charge is 2.12. The van der Waals surface area contributed by atoms with Gasteiger partial charge in [0.05, 0.1) is 5.56 Å². The zero-order valence-electron chi connectivity index (χ0n) is 9.67. The number of nitrogens with zero attached hydrogens (tertiary/aromatic N) is 1. The Morgan fingerprint density at radius 3 is 1.85 bits per heavy atom. The van der Waals surface area contributed by atoms with Crippen LogP contribution in [-0.4, -0.2) is 11.3 Å². The molecule has 1 N–H and O–H groups in total. The molecule has 0 amide bonds. The maximum atomic E-state index is 13.3. The van der Waals surface area contributed by atoms with Crippen LogP contribution < -0.4 is 0 Å². The van der Waals surface area contributed by atoms with Gasteiger partial charge < -0.3 is 5.11 Å². The molecule has 0 saturated heterocycles. The number of hydrogen-bond donors (Lipinski definition) is 1. The van der Waals surface area contributed by atoms with Gasteiger partial charge in [0.25, 0.3) is 0 Å². The Balaban J connectivity index is 2.45. The van der Waals surface area contributed by atoms with Crippen LogP contribution >= 0.6 is 0 Å². The molecule has 0 saturated carbocycles. The van der Waals surface area contributed by atoms with Crippen molar-refractivity contribution in [2.24, 2.45) is 4.99 Å². The highest BCUT2D eigenvalue weighted by atomic mass is 19.2. The second kappa shape index (κ2) is 5.28. The second-order valence-electron chi connectivity index (χ2n) is 3.80. The summed E-state index contributed by atoms with van der Waals surface area (Å²) in [5.74, 6) is -6.67. The normalized spacial score (nSPS) is 11.2. The Hall–Kier alpha value is -2.44. The number of halogens is 5.